The van der Waals surface area contributed by atoms with Gasteiger partial charge in [0.15, 0.2) is 5.76 Å². The number of fused-ring (bicyclic) bond motifs is 1. The third-order valence-electron chi connectivity index (χ3n) is 3.97. The Morgan fingerprint density at radius 3 is 2.96 bits per heavy atom. The summed E-state index contributed by atoms with van der Waals surface area (Å²) in [6, 6.07) is 7.45. The maximum atomic E-state index is 9.02. The largest absolute Gasteiger partial charge is 0.494 e. The highest BCUT2D eigenvalue weighted by Crippen LogP contribution is 2.30. The molecule has 0 radical (unpaired) electrons. The SMILES string of the molecule is CCC1C=CC(c2nc3ccc(C#N)cc3[nH]2)=C(OC)C1=NOS. The number of thiol groups is 1. The zero-order valence-corrected chi connectivity index (χ0v) is 14.2. The number of H-pyrrole nitrogens is 1. The molecule has 7 heteroatoms. The van der Waals surface area contributed by atoms with Gasteiger partial charge in [-0.05, 0) is 24.6 Å². The number of hydrogen-bond donors (Lipinski definition) is 2. The number of benzene rings is 1. The van der Waals surface area contributed by atoms with Gasteiger partial charge >= 0.3 is 0 Å². The summed E-state index contributed by atoms with van der Waals surface area (Å²) in [5.74, 6) is 1.33. The van der Waals surface area contributed by atoms with Gasteiger partial charge in [0.1, 0.15) is 11.5 Å². The monoisotopic (exact) mass is 340 g/mol. The van der Waals surface area contributed by atoms with Crippen molar-refractivity contribution in [1.82, 2.24) is 9.97 Å². The molecule has 1 N–H and O–H groups in total. The van der Waals surface area contributed by atoms with Crippen molar-refractivity contribution in [3.05, 3.63) is 47.5 Å². The number of allylic oxidation sites excluding steroid dienone is 4. The highest BCUT2D eigenvalue weighted by atomic mass is 32.1. The fourth-order valence-electron chi connectivity index (χ4n) is 2.78. The number of oxime groups is 1. The molecule has 0 fully saturated rings. The third kappa shape index (κ3) is 2.76. The van der Waals surface area contributed by atoms with Crippen LogP contribution in [0.1, 0.15) is 24.7 Å². The van der Waals surface area contributed by atoms with Gasteiger partial charge in [0.25, 0.3) is 0 Å². The van der Waals surface area contributed by atoms with Gasteiger partial charge in [0.2, 0.25) is 0 Å². The predicted molar refractivity (Wildman–Crippen MR) is 95.2 cm³/mol. The Morgan fingerprint density at radius 2 is 2.29 bits per heavy atom. The molecule has 1 aromatic carbocycles. The van der Waals surface area contributed by atoms with Crippen LogP contribution >= 0.6 is 12.9 Å². The lowest BCUT2D eigenvalue weighted by atomic mass is 9.90. The minimum atomic E-state index is 0.0884. The molecule has 1 aromatic heterocycles. The van der Waals surface area contributed by atoms with E-state index in [4.69, 9.17) is 10.00 Å². The van der Waals surface area contributed by atoms with E-state index in [9.17, 15) is 0 Å². The van der Waals surface area contributed by atoms with Crippen LogP contribution in [0.25, 0.3) is 16.6 Å². The van der Waals surface area contributed by atoms with Crippen molar-refractivity contribution in [2.45, 2.75) is 13.3 Å². The molecule has 1 atom stereocenters. The van der Waals surface area contributed by atoms with Crippen molar-refractivity contribution in [3.63, 3.8) is 0 Å². The Kier molecular flexibility index (Phi) is 4.58. The van der Waals surface area contributed by atoms with Gasteiger partial charge in [0.05, 0.1) is 48.3 Å². The maximum Gasteiger partial charge on any atom is 0.155 e. The number of methoxy groups -OCH3 is 1. The van der Waals surface area contributed by atoms with Gasteiger partial charge in [-0.2, -0.15) is 5.26 Å². The molecular weight excluding hydrogens is 324 g/mol. The van der Waals surface area contributed by atoms with Crippen molar-refractivity contribution < 1.29 is 9.02 Å². The van der Waals surface area contributed by atoms with Gasteiger partial charge in [-0.1, -0.05) is 24.2 Å². The number of imidazole rings is 1. The molecular formula is C17H16N4O2S. The fourth-order valence-corrected chi connectivity index (χ4v) is 2.86. The number of ether oxygens (including phenoxy) is 1. The van der Waals surface area contributed by atoms with Crippen LogP contribution in [0.5, 0.6) is 0 Å². The third-order valence-corrected chi connectivity index (χ3v) is 4.05. The molecule has 6 nitrogen and oxygen atoms in total. The topological polar surface area (TPSA) is 83.3 Å². The zero-order chi connectivity index (χ0) is 17.1. The summed E-state index contributed by atoms with van der Waals surface area (Å²) in [6.07, 6.45) is 4.86. The van der Waals surface area contributed by atoms with Crippen molar-refractivity contribution in [2.75, 3.05) is 7.11 Å². The normalized spacial score (nSPS) is 18.9. The maximum absolute atomic E-state index is 9.02. The first-order valence-electron chi connectivity index (χ1n) is 7.47. The Bertz CT molecular complexity index is 905. The van der Waals surface area contributed by atoms with E-state index in [0.717, 1.165) is 23.0 Å². The molecule has 0 bridgehead atoms. The van der Waals surface area contributed by atoms with E-state index in [1.54, 1.807) is 19.2 Å². The van der Waals surface area contributed by atoms with Crippen molar-refractivity contribution >= 4 is 35.2 Å². The number of aromatic amines is 1. The standard InChI is InChI=1S/C17H16N4O2S/c1-3-11-5-6-12(16(22-2)15(11)21-23-24)17-19-13-7-4-10(9-18)8-14(13)20-17/h4-8,11,24H,3H2,1-2H3,(H,19,20). The van der Waals surface area contributed by atoms with Crippen LogP contribution in [0.4, 0.5) is 0 Å². The van der Waals surface area contributed by atoms with E-state index in [0.29, 0.717) is 22.9 Å². The summed E-state index contributed by atoms with van der Waals surface area (Å²) >= 11 is 3.73. The van der Waals surface area contributed by atoms with Gasteiger partial charge in [-0.3, -0.25) is 0 Å². The van der Waals surface area contributed by atoms with Crippen molar-refractivity contribution in [2.24, 2.45) is 11.1 Å². The van der Waals surface area contributed by atoms with Gasteiger partial charge in [-0.25, -0.2) is 4.98 Å². The summed E-state index contributed by atoms with van der Waals surface area (Å²) < 4.78 is 10.3. The fraction of sp³-hybridized carbons (Fsp3) is 0.235. The molecule has 1 aliphatic rings. The number of rotatable bonds is 4. The Morgan fingerprint density at radius 1 is 1.46 bits per heavy atom. The molecule has 1 unspecified atom stereocenters. The second kappa shape index (κ2) is 6.81. The number of nitriles is 1. The minimum absolute atomic E-state index is 0.0884. The van der Waals surface area contributed by atoms with Crippen LogP contribution in [0, 0.1) is 17.2 Å². The van der Waals surface area contributed by atoms with Crippen molar-refractivity contribution in [3.8, 4) is 6.07 Å². The summed E-state index contributed by atoms with van der Waals surface area (Å²) in [6.45, 7) is 2.06. The van der Waals surface area contributed by atoms with Crippen LogP contribution in [0.15, 0.2) is 41.3 Å². The van der Waals surface area contributed by atoms with Crippen LogP contribution in [0.3, 0.4) is 0 Å². The lowest BCUT2D eigenvalue weighted by Gasteiger charge is -2.21. The van der Waals surface area contributed by atoms with E-state index in [-0.39, 0.29) is 5.92 Å². The Labute approximate surface area is 145 Å². The quantitative estimate of drug-likeness (QED) is 0.506. The second-order valence-electron chi connectivity index (χ2n) is 5.31. The van der Waals surface area contributed by atoms with E-state index in [1.807, 2.05) is 18.2 Å². The average molecular weight is 340 g/mol. The van der Waals surface area contributed by atoms with Crippen LogP contribution in [-0.2, 0) is 9.02 Å². The van der Waals surface area contributed by atoms with Gasteiger partial charge in [-0.15, -0.1) is 0 Å². The molecule has 24 heavy (non-hydrogen) atoms. The molecule has 0 aliphatic heterocycles. The first-order valence-corrected chi connectivity index (χ1v) is 7.83. The first-order chi connectivity index (χ1) is 11.7. The molecule has 3 rings (SSSR count). The van der Waals surface area contributed by atoms with Crippen molar-refractivity contribution in [1.29, 1.82) is 5.26 Å². The smallest absolute Gasteiger partial charge is 0.155 e. The Hall–Kier alpha value is -2.72. The minimum Gasteiger partial charge on any atom is -0.494 e. The molecule has 1 aliphatic carbocycles. The van der Waals surface area contributed by atoms with Crippen LogP contribution in [0.2, 0.25) is 0 Å². The van der Waals surface area contributed by atoms with Crippen LogP contribution in [-0.4, -0.2) is 22.8 Å². The lowest BCUT2D eigenvalue weighted by molar-refractivity contribution is 0.307. The summed E-state index contributed by atoms with van der Waals surface area (Å²) in [5.41, 5.74) is 3.60. The van der Waals surface area contributed by atoms with Crippen LogP contribution < -0.4 is 0 Å². The number of aromatic nitrogens is 2. The number of hydrogen-bond acceptors (Lipinski definition) is 6. The molecule has 0 saturated heterocycles. The second-order valence-corrected chi connectivity index (χ2v) is 5.47. The molecule has 0 amide bonds. The summed E-state index contributed by atoms with van der Waals surface area (Å²) in [5, 5.41) is 13.0. The number of nitrogens with zero attached hydrogens (tertiary/aromatic N) is 3. The van der Waals surface area contributed by atoms with Gasteiger partial charge in [0, 0.05) is 5.92 Å². The van der Waals surface area contributed by atoms with Gasteiger partial charge < -0.3 is 14.0 Å². The Balaban J connectivity index is 2.14. The predicted octanol–water partition coefficient (Wildman–Crippen LogP) is 3.61. The molecule has 0 saturated carbocycles. The molecule has 2 aromatic rings. The average Bonchev–Trinajstić information content (AvgIpc) is 3.04. The molecule has 1 heterocycles. The first kappa shape index (κ1) is 16.1. The zero-order valence-electron chi connectivity index (χ0n) is 13.3. The van der Waals surface area contributed by atoms with E-state index >= 15 is 0 Å². The lowest BCUT2D eigenvalue weighted by Crippen LogP contribution is -2.20. The highest BCUT2D eigenvalue weighted by Gasteiger charge is 2.27. The summed E-state index contributed by atoms with van der Waals surface area (Å²) in [4.78, 5) is 7.82. The summed E-state index contributed by atoms with van der Waals surface area (Å²) in [7, 11) is 1.59. The van der Waals surface area contributed by atoms with E-state index < -0.39 is 0 Å². The van der Waals surface area contributed by atoms with E-state index in [1.165, 1.54) is 0 Å². The van der Waals surface area contributed by atoms with E-state index in [2.05, 4.69) is 45.3 Å². The highest BCUT2D eigenvalue weighted by molar-refractivity contribution is 7.75. The molecule has 0 spiro atoms. The number of nitrogens with one attached hydrogen (secondary N) is 1. The molecule has 122 valence electrons.